The summed E-state index contributed by atoms with van der Waals surface area (Å²) in [6.07, 6.45) is 5.03. The molecule has 26 heavy (non-hydrogen) atoms. The molecule has 2 N–H and O–H groups in total. The average molecular weight is 381 g/mol. The van der Waals surface area contributed by atoms with Crippen molar-refractivity contribution in [3.8, 4) is 0 Å². The molecule has 0 fully saturated rings. The van der Waals surface area contributed by atoms with Crippen LogP contribution >= 0.6 is 0 Å². The van der Waals surface area contributed by atoms with E-state index in [2.05, 4.69) is 16.5 Å². The van der Waals surface area contributed by atoms with Crippen LogP contribution in [0.1, 0.15) is 63.0 Å². The number of nitrogen functional groups attached to an aromatic ring is 1. The first-order chi connectivity index (χ1) is 12.3. The molecule has 0 aliphatic rings. The number of hydrogen-bond donors (Lipinski definition) is 1. The summed E-state index contributed by atoms with van der Waals surface area (Å²) in [5, 5.41) is 0. The number of nitrogens with two attached hydrogens (primary N) is 1. The second kappa shape index (κ2) is 8.84. The van der Waals surface area contributed by atoms with Crippen molar-refractivity contribution in [2.24, 2.45) is 0 Å². The van der Waals surface area contributed by atoms with E-state index in [1.807, 2.05) is 20.8 Å². The summed E-state index contributed by atoms with van der Waals surface area (Å²) in [5.41, 5.74) is 9.93. The molecular weight excluding hydrogens is 348 g/mol. The monoisotopic (exact) mass is 380 g/mol. The third-order valence-corrected chi connectivity index (χ3v) is 6.67. The molecule has 2 aromatic heterocycles. The highest BCUT2D eigenvalue weighted by molar-refractivity contribution is 7.91. The summed E-state index contributed by atoms with van der Waals surface area (Å²) in [7, 11) is -2.92. The first kappa shape index (κ1) is 20.7. The smallest absolute Gasteiger partial charge is 0.151 e. The van der Waals surface area contributed by atoms with Gasteiger partial charge in [0.1, 0.15) is 21.2 Å². The van der Waals surface area contributed by atoms with Crippen molar-refractivity contribution in [2.75, 3.05) is 17.2 Å². The molecule has 0 saturated heterocycles. The van der Waals surface area contributed by atoms with E-state index >= 15 is 0 Å². The van der Waals surface area contributed by atoms with E-state index in [0.29, 0.717) is 18.0 Å². The Bertz CT molecular complexity index is 856. The molecule has 0 saturated carbocycles. The van der Waals surface area contributed by atoms with E-state index in [9.17, 15) is 8.42 Å². The summed E-state index contributed by atoms with van der Waals surface area (Å²) in [5.74, 6) is 2.06. The number of pyridine rings is 1. The number of hydrogen-bond acceptors (Lipinski definition) is 5. The topological polar surface area (TPSA) is 90.9 Å². The Morgan fingerprint density at radius 3 is 2.35 bits per heavy atom. The number of imidazole rings is 1. The summed E-state index contributed by atoms with van der Waals surface area (Å²) in [6.45, 7) is 8.91. The van der Waals surface area contributed by atoms with Crippen LogP contribution in [0.3, 0.4) is 0 Å². The number of nitrogens with zero attached hydrogens (tertiary/aromatic N) is 3. The molecule has 0 atom stereocenters. The maximum Gasteiger partial charge on any atom is 0.151 e. The van der Waals surface area contributed by atoms with Crippen molar-refractivity contribution in [2.45, 2.75) is 72.8 Å². The van der Waals surface area contributed by atoms with Gasteiger partial charge in [0.15, 0.2) is 5.82 Å². The third kappa shape index (κ3) is 4.75. The fourth-order valence-electron chi connectivity index (χ4n) is 3.26. The van der Waals surface area contributed by atoms with Crippen LogP contribution in [-0.2, 0) is 22.8 Å². The van der Waals surface area contributed by atoms with Gasteiger partial charge in [-0.2, -0.15) is 0 Å². The van der Waals surface area contributed by atoms with Crippen LogP contribution in [0.25, 0.3) is 11.0 Å². The van der Waals surface area contributed by atoms with Gasteiger partial charge in [-0.15, -0.1) is 0 Å². The highest BCUT2D eigenvalue weighted by Crippen LogP contribution is 2.27. The van der Waals surface area contributed by atoms with E-state index in [1.54, 1.807) is 0 Å². The molecule has 0 bridgehead atoms. The first-order valence-electron chi connectivity index (χ1n) is 9.62. The van der Waals surface area contributed by atoms with E-state index in [-0.39, 0.29) is 5.75 Å². The van der Waals surface area contributed by atoms with Gasteiger partial charge in [-0.25, -0.2) is 18.4 Å². The van der Waals surface area contributed by atoms with Crippen LogP contribution < -0.4 is 5.73 Å². The van der Waals surface area contributed by atoms with Crippen molar-refractivity contribution in [1.82, 2.24) is 14.5 Å². The van der Waals surface area contributed by atoms with Gasteiger partial charge in [0.25, 0.3) is 0 Å². The zero-order chi connectivity index (χ0) is 19.3. The Morgan fingerprint density at radius 2 is 1.69 bits per heavy atom. The standard InChI is InChI=1S/C19H32N4O2S/c1-5-7-12-26(24,25)13-9-8-11-23-16(10-6-2)22-17-18(23)14(3)15(4)21-19(17)20/h5-13H2,1-4H3,(H2,20,21). The highest BCUT2D eigenvalue weighted by atomic mass is 32.2. The fraction of sp³-hybridized carbons (Fsp3) is 0.684. The predicted molar refractivity (Wildman–Crippen MR) is 108 cm³/mol. The lowest BCUT2D eigenvalue weighted by atomic mass is 10.2. The summed E-state index contributed by atoms with van der Waals surface area (Å²) >= 11 is 0. The fourth-order valence-corrected chi connectivity index (χ4v) is 4.84. The summed E-state index contributed by atoms with van der Waals surface area (Å²) in [4.78, 5) is 9.12. The maximum absolute atomic E-state index is 12.0. The molecule has 2 aromatic rings. The highest BCUT2D eigenvalue weighted by Gasteiger charge is 2.17. The van der Waals surface area contributed by atoms with Crippen molar-refractivity contribution in [1.29, 1.82) is 0 Å². The number of rotatable bonds is 10. The quantitative estimate of drug-likeness (QED) is 0.636. The van der Waals surface area contributed by atoms with E-state index in [4.69, 9.17) is 10.7 Å². The predicted octanol–water partition coefficient (Wildman–Crippen LogP) is 3.58. The number of sulfone groups is 1. The minimum absolute atomic E-state index is 0.268. The molecule has 7 heteroatoms. The van der Waals surface area contributed by atoms with Crippen LogP contribution in [-0.4, -0.2) is 34.5 Å². The first-order valence-corrected chi connectivity index (χ1v) is 11.4. The summed E-state index contributed by atoms with van der Waals surface area (Å²) < 4.78 is 26.3. The normalized spacial score (nSPS) is 12.2. The van der Waals surface area contributed by atoms with Crippen molar-refractivity contribution in [3.63, 3.8) is 0 Å². The lowest BCUT2D eigenvalue weighted by Crippen LogP contribution is -2.12. The van der Waals surface area contributed by atoms with Crippen LogP contribution in [0.2, 0.25) is 0 Å². The Balaban J connectivity index is 2.19. The molecule has 0 unspecified atom stereocenters. The van der Waals surface area contributed by atoms with Crippen molar-refractivity contribution in [3.05, 3.63) is 17.1 Å². The molecule has 0 aromatic carbocycles. The largest absolute Gasteiger partial charge is 0.382 e. The number of anilines is 1. The van der Waals surface area contributed by atoms with Gasteiger partial charge < -0.3 is 10.3 Å². The Kier molecular flexibility index (Phi) is 7.03. The molecule has 6 nitrogen and oxygen atoms in total. The molecule has 0 amide bonds. The molecule has 146 valence electrons. The van der Waals surface area contributed by atoms with Gasteiger partial charge in [0.05, 0.1) is 17.0 Å². The average Bonchev–Trinajstić information content (AvgIpc) is 2.94. The van der Waals surface area contributed by atoms with Gasteiger partial charge in [0.2, 0.25) is 0 Å². The van der Waals surface area contributed by atoms with E-state index in [0.717, 1.165) is 66.8 Å². The number of aryl methyl sites for hydroxylation is 4. The SMILES string of the molecule is CCCCS(=O)(=O)CCCCn1c(CCC)nc2c(N)nc(C)c(C)c21. The maximum atomic E-state index is 12.0. The van der Waals surface area contributed by atoms with E-state index < -0.39 is 9.84 Å². The molecule has 0 aliphatic carbocycles. The second-order valence-electron chi connectivity index (χ2n) is 7.05. The zero-order valence-corrected chi connectivity index (χ0v) is 17.3. The molecule has 0 spiro atoms. The van der Waals surface area contributed by atoms with Gasteiger partial charge in [-0.1, -0.05) is 20.3 Å². The number of aromatic nitrogens is 3. The van der Waals surface area contributed by atoms with Crippen LogP contribution in [0.4, 0.5) is 5.82 Å². The second-order valence-corrected chi connectivity index (χ2v) is 9.35. The van der Waals surface area contributed by atoms with Gasteiger partial charge >= 0.3 is 0 Å². The zero-order valence-electron chi connectivity index (χ0n) is 16.5. The van der Waals surface area contributed by atoms with Crippen LogP contribution in [0, 0.1) is 13.8 Å². The lowest BCUT2D eigenvalue weighted by Gasteiger charge is -2.12. The molecule has 2 rings (SSSR count). The third-order valence-electron chi connectivity index (χ3n) is 4.84. The van der Waals surface area contributed by atoms with Crippen LogP contribution in [0.15, 0.2) is 0 Å². The van der Waals surface area contributed by atoms with Crippen molar-refractivity contribution < 1.29 is 8.42 Å². The van der Waals surface area contributed by atoms with E-state index in [1.165, 1.54) is 0 Å². The van der Waals surface area contributed by atoms with Crippen molar-refractivity contribution >= 4 is 26.7 Å². The van der Waals surface area contributed by atoms with Crippen LogP contribution in [0.5, 0.6) is 0 Å². The summed E-state index contributed by atoms with van der Waals surface area (Å²) in [6, 6.07) is 0. The molecule has 2 heterocycles. The minimum atomic E-state index is -2.92. The molecule has 0 aliphatic heterocycles. The van der Waals surface area contributed by atoms with Gasteiger partial charge in [0, 0.05) is 18.7 Å². The van der Waals surface area contributed by atoms with Gasteiger partial charge in [-0.3, -0.25) is 0 Å². The lowest BCUT2D eigenvalue weighted by molar-refractivity contribution is 0.577. The Labute approximate surface area is 157 Å². The minimum Gasteiger partial charge on any atom is -0.382 e. The number of unbranched alkanes of at least 4 members (excludes halogenated alkanes) is 2. The Hall–Kier alpha value is -1.63. The number of fused-ring (bicyclic) bond motifs is 1. The molecular formula is C19H32N4O2S. The Morgan fingerprint density at radius 1 is 1.00 bits per heavy atom. The molecule has 0 radical (unpaired) electrons. The van der Waals surface area contributed by atoms with Gasteiger partial charge in [-0.05, 0) is 45.1 Å².